The van der Waals surface area contributed by atoms with Crippen molar-refractivity contribution in [2.75, 3.05) is 51.3 Å². The maximum atomic E-state index is 6.40. The molecule has 4 atom stereocenters. The molecule has 1 aliphatic carbocycles. The molecule has 1 aromatic carbocycles. The van der Waals surface area contributed by atoms with Gasteiger partial charge in [0.15, 0.2) is 11.6 Å². The van der Waals surface area contributed by atoms with E-state index >= 15 is 0 Å². The Morgan fingerprint density at radius 1 is 0.938 bits per heavy atom. The number of hydrogen-bond acceptors (Lipinski definition) is 7. The number of para-hydroxylation sites is 2. The lowest BCUT2D eigenvalue weighted by Crippen LogP contribution is -2.57. The van der Waals surface area contributed by atoms with Gasteiger partial charge in [-0.15, -0.1) is 0 Å². The van der Waals surface area contributed by atoms with Crippen LogP contribution in [0.4, 0.5) is 5.69 Å². The number of piperazine rings is 1. The van der Waals surface area contributed by atoms with Crippen LogP contribution in [0.25, 0.3) is 0 Å². The Hall–Kier alpha value is -1.64. The Balaban J connectivity index is 1.29. The highest BCUT2D eigenvalue weighted by Crippen LogP contribution is 2.44. The Morgan fingerprint density at radius 2 is 1.66 bits per heavy atom. The zero-order valence-corrected chi connectivity index (χ0v) is 19.9. The highest BCUT2D eigenvalue weighted by Gasteiger charge is 2.54. The Labute approximate surface area is 191 Å². The van der Waals surface area contributed by atoms with Crippen LogP contribution in [0.1, 0.15) is 27.7 Å². The summed E-state index contributed by atoms with van der Waals surface area (Å²) in [6, 6.07) is 8.26. The third kappa shape index (κ3) is 4.29. The van der Waals surface area contributed by atoms with Crippen molar-refractivity contribution in [3.8, 4) is 5.75 Å². The Bertz CT molecular complexity index is 862. The van der Waals surface area contributed by atoms with E-state index in [-0.39, 0.29) is 24.2 Å². The molecule has 1 aromatic rings. The molecule has 0 N–H and O–H groups in total. The SMILES string of the molecule is COc1ccccc1N1CCN(CC2=C[C@H]3OC(C)(C)O[C@H]3[C@@H]3OC(C)(C)OC[C@H]23)CC1. The van der Waals surface area contributed by atoms with Crippen LogP contribution >= 0.6 is 0 Å². The van der Waals surface area contributed by atoms with E-state index in [9.17, 15) is 0 Å². The van der Waals surface area contributed by atoms with Gasteiger partial charge in [0.1, 0.15) is 18.0 Å². The first kappa shape index (κ1) is 22.2. The molecule has 32 heavy (non-hydrogen) atoms. The van der Waals surface area contributed by atoms with E-state index in [1.165, 1.54) is 11.3 Å². The standard InChI is InChI=1S/C25H36N2O5/c1-24(2)29-16-18-17(14-21-23(22(18)31-24)32-25(3,4)30-21)15-26-10-12-27(13-11-26)19-8-6-7-9-20(19)28-5/h6-9,14,18,21-23H,10-13,15-16H2,1-5H3/t18-,21-,22-,23-/m1/s1. The van der Waals surface area contributed by atoms with Crippen LogP contribution < -0.4 is 9.64 Å². The van der Waals surface area contributed by atoms with Crippen LogP contribution in [-0.4, -0.2) is 81.2 Å². The molecule has 3 heterocycles. The predicted octanol–water partition coefficient (Wildman–Crippen LogP) is 3.05. The average Bonchev–Trinajstić information content (AvgIpc) is 3.08. The van der Waals surface area contributed by atoms with E-state index in [2.05, 4.69) is 28.0 Å². The summed E-state index contributed by atoms with van der Waals surface area (Å²) in [5.74, 6) is -0.0817. The highest BCUT2D eigenvalue weighted by atomic mass is 16.8. The van der Waals surface area contributed by atoms with E-state index in [4.69, 9.17) is 23.7 Å². The van der Waals surface area contributed by atoms with Crippen molar-refractivity contribution in [3.05, 3.63) is 35.9 Å². The number of hydrogen-bond donors (Lipinski definition) is 0. The van der Waals surface area contributed by atoms with Gasteiger partial charge in [-0.05, 0) is 45.4 Å². The van der Waals surface area contributed by atoms with E-state index in [0.717, 1.165) is 38.5 Å². The molecule has 176 valence electrons. The summed E-state index contributed by atoms with van der Waals surface area (Å²) in [7, 11) is 1.74. The highest BCUT2D eigenvalue weighted by molar-refractivity contribution is 5.58. The number of anilines is 1. The lowest BCUT2D eigenvalue weighted by atomic mass is 9.81. The van der Waals surface area contributed by atoms with Gasteiger partial charge in [0.2, 0.25) is 0 Å². The molecule has 0 unspecified atom stereocenters. The van der Waals surface area contributed by atoms with Gasteiger partial charge in [-0.1, -0.05) is 18.2 Å². The first-order valence-corrected chi connectivity index (χ1v) is 11.7. The van der Waals surface area contributed by atoms with Crippen molar-refractivity contribution in [3.63, 3.8) is 0 Å². The second-order valence-electron chi connectivity index (χ2n) is 10.1. The predicted molar refractivity (Wildman–Crippen MR) is 122 cm³/mol. The van der Waals surface area contributed by atoms with Crippen molar-refractivity contribution >= 4 is 5.69 Å². The molecule has 7 nitrogen and oxygen atoms in total. The van der Waals surface area contributed by atoms with Crippen molar-refractivity contribution in [1.82, 2.24) is 4.90 Å². The lowest BCUT2D eigenvalue weighted by Gasteiger charge is -2.47. The van der Waals surface area contributed by atoms with Gasteiger partial charge in [-0.2, -0.15) is 0 Å². The quantitative estimate of drug-likeness (QED) is 0.662. The van der Waals surface area contributed by atoms with Gasteiger partial charge in [0, 0.05) is 38.6 Å². The first-order chi connectivity index (χ1) is 15.2. The van der Waals surface area contributed by atoms with Gasteiger partial charge in [0.25, 0.3) is 0 Å². The van der Waals surface area contributed by atoms with Gasteiger partial charge in [-0.25, -0.2) is 0 Å². The minimum atomic E-state index is -0.607. The number of nitrogens with zero attached hydrogens (tertiary/aromatic N) is 2. The van der Waals surface area contributed by atoms with Crippen LogP contribution in [0.15, 0.2) is 35.9 Å². The van der Waals surface area contributed by atoms with Crippen LogP contribution in [0.2, 0.25) is 0 Å². The molecule has 3 fully saturated rings. The smallest absolute Gasteiger partial charge is 0.164 e. The van der Waals surface area contributed by atoms with Gasteiger partial charge in [-0.3, -0.25) is 4.90 Å². The van der Waals surface area contributed by atoms with E-state index in [0.29, 0.717) is 6.61 Å². The van der Waals surface area contributed by atoms with Crippen LogP contribution in [0.3, 0.4) is 0 Å². The summed E-state index contributed by atoms with van der Waals surface area (Å²) in [6.45, 7) is 13.4. The van der Waals surface area contributed by atoms with Crippen LogP contribution in [-0.2, 0) is 18.9 Å². The third-order valence-electron chi connectivity index (χ3n) is 6.97. The van der Waals surface area contributed by atoms with E-state index in [1.807, 2.05) is 39.8 Å². The third-order valence-corrected chi connectivity index (χ3v) is 6.97. The molecule has 0 bridgehead atoms. The minimum Gasteiger partial charge on any atom is -0.495 e. The molecule has 3 aliphatic heterocycles. The Kier molecular flexibility index (Phi) is 5.75. The fraction of sp³-hybridized carbons (Fsp3) is 0.680. The molecule has 0 saturated carbocycles. The molecule has 0 spiro atoms. The normalized spacial score (nSPS) is 33.9. The molecule has 7 heteroatoms. The fourth-order valence-electron chi connectivity index (χ4n) is 5.44. The summed E-state index contributed by atoms with van der Waals surface area (Å²) >= 11 is 0. The molecule has 0 radical (unpaired) electrons. The molecule has 3 saturated heterocycles. The summed E-state index contributed by atoms with van der Waals surface area (Å²) in [4.78, 5) is 4.94. The molecular formula is C25H36N2O5. The zero-order valence-electron chi connectivity index (χ0n) is 19.9. The fourth-order valence-corrected chi connectivity index (χ4v) is 5.44. The van der Waals surface area contributed by atoms with Crippen molar-refractivity contribution in [2.24, 2.45) is 5.92 Å². The molecular weight excluding hydrogens is 408 g/mol. The molecule has 0 aromatic heterocycles. The molecule has 0 amide bonds. The van der Waals surface area contributed by atoms with Crippen LogP contribution in [0.5, 0.6) is 5.75 Å². The first-order valence-electron chi connectivity index (χ1n) is 11.7. The average molecular weight is 445 g/mol. The summed E-state index contributed by atoms with van der Waals surface area (Å²) in [5.41, 5.74) is 2.52. The number of methoxy groups -OCH3 is 1. The number of rotatable bonds is 4. The monoisotopic (exact) mass is 444 g/mol. The minimum absolute atomic E-state index is 0.0552. The summed E-state index contributed by atoms with van der Waals surface area (Å²) in [5, 5.41) is 0. The van der Waals surface area contributed by atoms with Gasteiger partial charge >= 0.3 is 0 Å². The Morgan fingerprint density at radius 3 is 2.41 bits per heavy atom. The van der Waals surface area contributed by atoms with Gasteiger partial charge in [0.05, 0.1) is 25.5 Å². The molecule has 4 aliphatic rings. The van der Waals surface area contributed by atoms with Gasteiger partial charge < -0.3 is 28.6 Å². The summed E-state index contributed by atoms with van der Waals surface area (Å²) in [6.07, 6.45) is 2.05. The second kappa shape index (κ2) is 8.29. The number of fused-ring (bicyclic) bond motifs is 3. The van der Waals surface area contributed by atoms with E-state index < -0.39 is 11.6 Å². The molecule has 5 rings (SSSR count). The largest absolute Gasteiger partial charge is 0.495 e. The van der Waals surface area contributed by atoms with Crippen molar-refractivity contribution in [2.45, 2.75) is 57.6 Å². The number of ether oxygens (including phenoxy) is 5. The maximum Gasteiger partial charge on any atom is 0.164 e. The summed E-state index contributed by atoms with van der Waals surface area (Å²) < 4.78 is 30.5. The second-order valence-corrected chi connectivity index (χ2v) is 10.1. The van der Waals surface area contributed by atoms with E-state index in [1.54, 1.807) is 7.11 Å². The topological polar surface area (TPSA) is 52.6 Å². The van der Waals surface area contributed by atoms with Crippen molar-refractivity contribution < 1.29 is 23.7 Å². The van der Waals surface area contributed by atoms with Crippen molar-refractivity contribution in [1.29, 1.82) is 0 Å². The zero-order chi connectivity index (χ0) is 22.5. The lowest BCUT2D eigenvalue weighted by molar-refractivity contribution is -0.309. The number of benzene rings is 1. The maximum absolute atomic E-state index is 6.40. The van der Waals surface area contributed by atoms with Crippen LogP contribution in [0, 0.1) is 5.92 Å².